The predicted molar refractivity (Wildman–Crippen MR) is 485 cm³/mol. The van der Waals surface area contributed by atoms with Crippen LogP contribution in [0.1, 0.15) is 114 Å². The van der Waals surface area contributed by atoms with Crippen LogP contribution in [0.25, 0.3) is 146 Å². The Balaban J connectivity index is 0.000000125. The first-order valence-electron chi connectivity index (χ1n) is 41.7. The fraction of sp³-hybridized carbons (Fsp3) is 0.167. The van der Waals surface area contributed by atoms with Crippen LogP contribution in [0, 0.1) is 0 Å². The summed E-state index contributed by atoms with van der Waals surface area (Å²) in [7, 11) is -0.287. The first-order valence-corrected chi connectivity index (χ1v) is 42.0. The molecule has 0 bridgehead atoms. The number of hydrogen-bond donors (Lipinski definition) is 0. The van der Waals surface area contributed by atoms with E-state index in [9.17, 15) is 0 Å². The van der Waals surface area contributed by atoms with Gasteiger partial charge in [0.2, 0.25) is 0 Å². The summed E-state index contributed by atoms with van der Waals surface area (Å²) >= 11 is 6.29. The average molecular weight is 1550 g/mol. The molecule has 3 heterocycles. The maximum Gasteiger partial charge on any atom is 0.494 e. The van der Waals surface area contributed by atoms with Crippen LogP contribution in [0.4, 0.5) is 0 Å². The normalized spacial score (nSPS) is 15.3. The molecule has 574 valence electrons. The lowest BCUT2D eigenvalue weighted by molar-refractivity contribution is 0.00578. The van der Waals surface area contributed by atoms with Gasteiger partial charge in [0.25, 0.3) is 0 Å². The molecule has 2 spiro atoms. The van der Waals surface area contributed by atoms with E-state index in [2.05, 4.69) is 307 Å². The Morgan fingerprint density at radius 3 is 0.881 bits per heavy atom. The van der Waals surface area contributed by atoms with Crippen molar-refractivity contribution >= 4 is 24.2 Å². The minimum Gasteiger partial charge on any atom is -0.399 e. The molecule has 1 aliphatic heterocycles. The van der Waals surface area contributed by atoms with Gasteiger partial charge < -0.3 is 9.31 Å². The summed E-state index contributed by atoms with van der Waals surface area (Å²) in [4.78, 5) is 29.9. The van der Waals surface area contributed by atoms with Crippen LogP contribution in [0.5, 0.6) is 0 Å². The molecule has 0 unspecified atom stereocenters. The van der Waals surface area contributed by atoms with Crippen molar-refractivity contribution in [3.63, 3.8) is 0 Å². The lowest BCUT2D eigenvalue weighted by atomic mass is 9.66. The van der Waals surface area contributed by atoms with E-state index in [4.69, 9.17) is 50.8 Å². The largest absolute Gasteiger partial charge is 0.494 e. The number of rotatable bonds is 12. The van der Waals surface area contributed by atoms with Gasteiger partial charge in [0, 0.05) is 49.2 Å². The van der Waals surface area contributed by atoms with E-state index in [1.165, 1.54) is 142 Å². The third-order valence-electron chi connectivity index (χ3n) is 25.3. The average Bonchev–Trinajstić information content (AvgIpc) is 1.57. The Morgan fingerprint density at radius 2 is 0.500 bits per heavy atom. The number of halogens is 1. The minimum atomic E-state index is -0.303. The zero-order valence-electron chi connectivity index (χ0n) is 67.0. The number of aromatic nitrogens is 6. The molecule has 0 atom stereocenters. The number of hydrogen-bond acceptors (Lipinski definition) is 8. The predicted octanol–water partition coefficient (Wildman–Crippen LogP) is 27.2. The molecule has 2 saturated carbocycles. The third-order valence-corrected chi connectivity index (χ3v) is 25.5. The molecule has 2 aromatic heterocycles. The summed E-state index contributed by atoms with van der Waals surface area (Å²) in [6.07, 6.45) is 12.8. The first kappa shape index (κ1) is 75.4. The molecule has 3 fully saturated rings. The van der Waals surface area contributed by atoms with Crippen molar-refractivity contribution in [1.82, 2.24) is 29.9 Å². The van der Waals surface area contributed by atoms with Crippen LogP contribution in [-0.4, -0.2) is 48.2 Å². The Labute approximate surface area is 698 Å². The van der Waals surface area contributed by atoms with Gasteiger partial charge in [-0.3, -0.25) is 0 Å². The summed E-state index contributed by atoms with van der Waals surface area (Å²) in [6, 6.07) is 124. The lowest BCUT2D eigenvalue weighted by Gasteiger charge is -2.36. The van der Waals surface area contributed by atoms with Gasteiger partial charge in [0.1, 0.15) is 0 Å². The van der Waals surface area contributed by atoms with Gasteiger partial charge >= 0.3 is 7.12 Å². The van der Waals surface area contributed by atoms with E-state index in [1.807, 2.05) is 72.8 Å². The van der Waals surface area contributed by atoms with Crippen molar-refractivity contribution in [3.05, 3.63) is 379 Å². The van der Waals surface area contributed by atoms with Gasteiger partial charge in [-0.25, -0.2) is 29.9 Å². The zero-order chi connectivity index (χ0) is 79.8. The fourth-order valence-electron chi connectivity index (χ4n) is 18.4. The summed E-state index contributed by atoms with van der Waals surface area (Å²) in [5.41, 5.74) is 29.8. The summed E-state index contributed by atoms with van der Waals surface area (Å²) in [5, 5.41) is 0.639. The van der Waals surface area contributed by atoms with Crippen LogP contribution in [0.3, 0.4) is 0 Å². The minimum absolute atomic E-state index is 0.113. The van der Waals surface area contributed by atoms with Crippen molar-refractivity contribution in [2.75, 3.05) is 0 Å². The van der Waals surface area contributed by atoms with Gasteiger partial charge in [0.15, 0.2) is 34.9 Å². The molecule has 10 heteroatoms. The van der Waals surface area contributed by atoms with Crippen molar-refractivity contribution < 1.29 is 9.31 Å². The van der Waals surface area contributed by atoms with Crippen molar-refractivity contribution in [2.24, 2.45) is 0 Å². The van der Waals surface area contributed by atoms with Crippen LogP contribution in [0.2, 0.25) is 5.02 Å². The van der Waals surface area contributed by atoms with E-state index in [1.54, 1.807) is 0 Å². The first-order chi connectivity index (χ1) is 57.8. The molecule has 8 nitrogen and oxygen atoms in total. The zero-order valence-corrected chi connectivity index (χ0v) is 67.8. The summed E-state index contributed by atoms with van der Waals surface area (Å²) in [5.74, 6) is 3.79. The van der Waals surface area contributed by atoms with Gasteiger partial charge in [-0.2, -0.15) is 0 Å². The molecule has 0 N–H and O–H groups in total. The molecule has 5 aliphatic rings. The molecule has 4 aliphatic carbocycles. The van der Waals surface area contributed by atoms with Gasteiger partial charge in [-0.05, 0) is 183 Å². The highest BCUT2D eigenvalue weighted by molar-refractivity contribution is 6.62. The van der Waals surface area contributed by atoms with Crippen LogP contribution >= 0.6 is 11.6 Å². The van der Waals surface area contributed by atoms with E-state index in [0.29, 0.717) is 40.0 Å². The quantitative estimate of drug-likeness (QED) is 0.112. The smallest absolute Gasteiger partial charge is 0.399 e. The Hall–Kier alpha value is -12.6. The molecule has 14 aromatic carbocycles. The van der Waals surface area contributed by atoms with E-state index in [0.717, 1.165) is 61.1 Å². The van der Waals surface area contributed by atoms with E-state index in [-0.39, 0.29) is 29.2 Å². The summed E-state index contributed by atoms with van der Waals surface area (Å²) in [6.45, 7) is 8.50. The molecular formula is C108H90BClN6O2. The maximum absolute atomic E-state index is 6.34. The standard InChI is InChI=1S/C51H39N3.C33H22ClN3.C24H29BO2/c1-4-13-35(14-5-1)37-21-25-39(26-22-37)48-52-49(40-27-23-38(24-28-40)36-15-6-2-7-16-36)54-50(53-48)43-18-12-17-41(33-43)42-29-30-45-44-19-8-9-20-46(44)51(47(45)34-42)31-10-3-11-32-51;34-30-13-7-12-29(22-30)33-36-31(27-18-14-25(15-19-27)23-8-3-1-4-9-23)35-32(37-33)28-20-16-26(17-21-28)24-10-5-2-6-11-24;1-22(2)23(3,4)27-25(26-22)17-12-13-19-18-10-6-7-11-20(18)24(21(19)16-17)14-8-5-9-15-24/h1-2,4-9,12-30,33-34H,3,10-11,31-32H2;1-22H;6-7,10-13,16H,5,8-9,14-15H2,1-4H3. The van der Waals surface area contributed by atoms with Crippen LogP contribution < -0.4 is 5.46 Å². The van der Waals surface area contributed by atoms with E-state index < -0.39 is 0 Å². The molecular weight excluding hydrogens is 1460 g/mol. The highest BCUT2D eigenvalue weighted by Gasteiger charge is 2.53. The monoisotopic (exact) mass is 1550 g/mol. The second kappa shape index (κ2) is 32.1. The number of fused-ring (bicyclic) bond motifs is 10. The second-order valence-electron chi connectivity index (χ2n) is 33.0. The highest BCUT2D eigenvalue weighted by atomic mass is 35.5. The molecule has 16 aromatic rings. The second-order valence-corrected chi connectivity index (χ2v) is 33.4. The van der Waals surface area contributed by atoms with Crippen molar-refractivity contribution in [3.8, 4) is 146 Å². The number of nitrogens with zero attached hydrogens (tertiary/aromatic N) is 6. The highest BCUT2D eigenvalue weighted by Crippen LogP contribution is 2.58. The number of benzene rings is 14. The fourth-order valence-corrected chi connectivity index (χ4v) is 18.6. The lowest BCUT2D eigenvalue weighted by Crippen LogP contribution is -2.41. The van der Waals surface area contributed by atoms with Crippen molar-refractivity contribution in [2.45, 2.75) is 114 Å². The van der Waals surface area contributed by atoms with E-state index >= 15 is 0 Å². The van der Waals surface area contributed by atoms with Gasteiger partial charge in [-0.1, -0.05) is 378 Å². The Bertz CT molecular complexity index is 6090. The van der Waals surface area contributed by atoms with Crippen LogP contribution in [0.15, 0.2) is 352 Å². The summed E-state index contributed by atoms with van der Waals surface area (Å²) < 4.78 is 12.7. The van der Waals surface area contributed by atoms with Gasteiger partial charge in [0.05, 0.1) is 11.2 Å². The Kier molecular flexibility index (Phi) is 20.5. The molecule has 0 radical (unpaired) electrons. The molecule has 118 heavy (non-hydrogen) atoms. The SMILES string of the molecule is CC1(C)OB(c2ccc3c(c2)C2(CCCCC2)c2ccccc2-3)OC1(C)C.Clc1cccc(-c2nc(-c3ccc(-c4ccccc4)cc3)nc(-c3ccc(-c4ccccc4)cc3)n2)c1.c1ccc(-c2ccc(-c3nc(-c4ccc(-c5ccccc5)cc4)nc(-c4cccc(-c5ccc6c(c5)C5(CCCCC5)c5ccccc5-6)c4)n3)cc2)cc1. The molecule has 0 amide bonds. The topological polar surface area (TPSA) is 95.8 Å². The van der Waals surface area contributed by atoms with Gasteiger partial charge in [-0.15, -0.1) is 0 Å². The molecule has 1 saturated heterocycles. The third kappa shape index (κ3) is 14.8. The molecule has 21 rings (SSSR count). The van der Waals surface area contributed by atoms with Crippen molar-refractivity contribution in [1.29, 1.82) is 0 Å². The Morgan fingerprint density at radius 1 is 0.229 bits per heavy atom. The van der Waals surface area contributed by atoms with Crippen LogP contribution in [-0.2, 0) is 20.1 Å². The maximum atomic E-state index is 6.34.